The van der Waals surface area contributed by atoms with E-state index in [4.69, 9.17) is 0 Å². The van der Waals surface area contributed by atoms with Crippen LogP contribution in [0.1, 0.15) is 6.92 Å². The molecular weight excluding hydrogens is 297 g/mol. The number of halogens is 1. The average Bonchev–Trinajstić information content (AvgIpc) is 2.47. The van der Waals surface area contributed by atoms with Crippen LogP contribution in [0.4, 0.5) is 0 Å². The van der Waals surface area contributed by atoms with Crippen LogP contribution in [0.3, 0.4) is 0 Å². The fraction of sp³-hybridized carbons (Fsp3) is 0.375. The normalized spacial score (nSPS) is 25.9. The lowest BCUT2D eigenvalue weighted by Gasteiger charge is -2.28. The van der Waals surface area contributed by atoms with Crippen LogP contribution in [-0.4, -0.2) is 22.4 Å². The molecule has 0 amide bonds. The van der Waals surface area contributed by atoms with Crippen molar-refractivity contribution in [3.8, 4) is 0 Å². The molecule has 0 aromatic heterocycles. The highest BCUT2D eigenvalue weighted by Gasteiger charge is 2.29. The summed E-state index contributed by atoms with van der Waals surface area (Å²) in [7, 11) is 0. The molecule has 0 spiro atoms. The number of hydrogen-bond donors (Lipinski definition) is 1. The molecule has 0 radical (unpaired) electrons. The van der Waals surface area contributed by atoms with E-state index in [1.54, 1.807) is 11.8 Å². The van der Waals surface area contributed by atoms with Crippen molar-refractivity contribution in [2.24, 2.45) is 4.99 Å². The first-order chi connectivity index (χ1) is 6.22. The fourth-order valence-corrected chi connectivity index (χ4v) is 2.61. The van der Waals surface area contributed by atoms with Gasteiger partial charge in [-0.15, -0.1) is 11.8 Å². The van der Waals surface area contributed by atoms with Gasteiger partial charge in [0.15, 0.2) is 6.17 Å². The minimum absolute atomic E-state index is 0.227. The number of hydrogen-bond acceptors (Lipinski definition) is 4. The zero-order valence-corrected chi connectivity index (χ0v) is 10.4. The molecule has 3 nitrogen and oxygen atoms in total. The van der Waals surface area contributed by atoms with Gasteiger partial charge >= 0.3 is 0 Å². The maximum Gasteiger partial charge on any atom is 0.153 e. The molecule has 2 heterocycles. The Morgan fingerprint density at radius 3 is 3.15 bits per heavy atom. The molecule has 5 heteroatoms. The molecular formula is C8H10IN3S. The molecule has 0 saturated heterocycles. The van der Waals surface area contributed by atoms with Crippen LogP contribution in [-0.2, 0) is 0 Å². The smallest absolute Gasteiger partial charge is 0.153 e. The van der Waals surface area contributed by atoms with E-state index in [9.17, 15) is 0 Å². The van der Waals surface area contributed by atoms with Crippen molar-refractivity contribution in [1.82, 2.24) is 10.2 Å². The molecule has 0 bridgehead atoms. The van der Waals surface area contributed by atoms with Gasteiger partial charge in [-0.05, 0) is 35.8 Å². The third kappa shape index (κ3) is 1.59. The summed E-state index contributed by atoms with van der Waals surface area (Å²) in [6.45, 7) is 2.02. The lowest BCUT2D eigenvalue weighted by atomic mass is 10.4. The predicted molar refractivity (Wildman–Crippen MR) is 65.6 cm³/mol. The second-order valence-electron chi connectivity index (χ2n) is 2.87. The fourth-order valence-electron chi connectivity index (χ4n) is 1.37. The number of thioether (sulfide) groups is 1. The zero-order valence-electron chi connectivity index (χ0n) is 7.41. The Labute approximate surface area is 95.5 Å². The van der Waals surface area contributed by atoms with Crippen LogP contribution in [0, 0.1) is 0 Å². The third-order valence-electron chi connectivity index (χ3n) is 1.94. The number of rotatable bonds is 0. The van der Waals surface area contributed by atoms with Crippen LogP contribution in [0.2, 0.25) is 0 Å². The molecule has 2 rings (SSSR count). The van der Waals surface area contributed by atoms with Gasteiger partial charge in [-0.3, -0.25) is 0 Å². The van der Waals surface area contributed by atoms with E-state index in [2.05, 4.69) is 50.3 Å². The van der Waals surface area contributed by atoms with Crippen molar-refractivity contribution in [2.75, 3.05) is 6.26 Å². The molecule has 0 aromatic carbocycles. The minimum atomic E-state index is 0.227. The van der Waals surface area contributed by atoms with E-state index < -0.39 is 0 Å². The second-order valence-corrected chi connectivity index (χ2v) is 4.80. The van der Waals surface area contributed by atoms with E-state index in [0.717, 1.165) is 10.7 Å². The summed E-state index contributed by atoms with van der Waals surface area (Å²) in [5.74, 6) is 0. The lowest BCUT2D eigenvalue weighted by Crippen LogP contribution is -2.40. The highest BCUT2D eigenvalue weighted by Crippen LogP contribution is 2.28. The van der Waals surface area contributed by atoms with Crippen LogP contribution in [0.25, 0.3) is 0 Å². The van der Waals surface area contributed by atoms with Crippen LogP contribution >= 0.6 is 34.4 Å². The molecule has 0 aliphatic carbocycles. The zero-order chi connectivity index (χ0) is 9.42. The second kappa shape index (κ2) is 3.53. The van der Waals surface area contributed by atoms with Gasteiger partial charge in [-0.2, -0.15) is 0 Å². The first-order valence-electron chi connectivity index (χ1n) is 3.93. The topological polar surface area (TPSA) is 27.6 Å². The quantitative estimate of drug-likeness (QED) is 0.548. The van der Waals surface area contributed by atoms with Crippen LogP contribution < -0.4 is 5.32 Å². The predicted octanol–water partition coefficient (Wildman–Crippen LogP) is 2.09. The number of fused-ring (bicyclic) bond motifs is 1. The van der Waals surface area contributed by atoms with Gasteiger partial charge in [0.1, 0.15) is 5.04 Å². The third-order valence-corrected chi connectivity index (χ3v) is 3.54. The molecule has 2 aliphatic rings. The van der Waals surface area contributed by atoms with Crippen molar-refractivity contribution in [2.45, 2.75) is 13.1 Å². The summed E-state index contributed by atoms with van der Waals surface area (Å²) in [6, 6.07) is 0. The summed E-state index contributed by atoms with van der Waals surface area (Å²) in [4.78, 5) is 6.68. The van der Waals surface area contributed by atoms with Gasteiger partial charge in [0.2, 0.25) is 0 Å². The van der Waals surface area contributed by atoms with Crippen LogP contribution in [0.5, 0.6) is 0 Å². The lowest BCUT2D eigenvalue weighted by molar-refractivity contribution is 0.444. The van der Waals surface area contributed by atoms with Crippen LogP contribution in [0.15, 0.2) is 26.8 Å². The van der Waals surface area contributed by atoms with E-state index in [1.165, 1.54) is 3.70 Å². The standard InChI is InChI=1S/C8H10IN3S/c1-5-4-12-6(9)3-10-7(12)8(11-5)13-2/h3-4,7,10H,1-2H3. The van der Waals surface area contributed by atoms with E-state index >= 15 is 0 Å². The Balaban J connectivity index is 2.32. The molecule has 1 atom stereocenters. The van der Waals surface area contributed by atoms with Gasteiger partial charge in [0, 0.05) is 12.4 Å². The van der Waals surface area contributed by atoms with E-state index in [-0.39, 0.29) is 6.17 Å². The Morgan fingerprint density at radius 1 is 1.69 bits per heavy atom. The molecule has 1 unspecified atom stereocenters. The highest BCUT2D eigenvalue weighted by molar-refractivity contribution is 14.1. The molecule has 0 fully saturated rings. The van der Waals surface area contributed by atoms with Crippen molar-refractivity contribution in [3.05, 3.63) is 21.8 Å². The molecule has 0 aromatic rings. The van der Waals surface area contributed by atoms with E-state index in [0.29, 0.717) is 0 Å². The Kier molecular flexibility index (Phi) is 2.55. The van der Waals surface area contributed by atoms with Crippen molar-refractivity contribution in [3.63, 3.8) is 0 Å². The maximum atomic E-state index is 4.48. The number of nitrogens with one attached hydrogen (secondary N) is 1. The number of aliphatic imine (C=N–C) groups is 1. The number of nitrogens with zero attached hydrogens (tertiary/aromatic N) is 2. The summed E-state index contributed by atoms with van der Waals surface area (Å²) in [6.07, 6.45) is 6.38. The monoisotopic (exact) mass is 307 g/mol. The highest BCUT2D eigenvalue weighted by atomic mass is 127. The Hall–Kier alpha value is -0.170. The van der Waals surface area contributed by atoms with Crippen molar-refractivity contribution >= 4 is 39.4 Å². The first kappa shape index (κ1) is 9.39. The first-order valence-corrected chi connectivity index (χ1v) is 6.24. The van der Waals surface area contributed by atoms with Gasteiger partial charge < -0.3 is 10.2 Å². The summed E-state index contributed by atoms with van der Waals surface area (Å²) in [5.41, 5.74) is 1.06. The molecule has 13 heavy (non-hydrogen) atoms. The summed E-state index contributed by atoms with van der Waals surface area (Å²) >= 11 is 4.01. The minimum Gasteiger partial charge on any atom is -0.363 e. The molecule has 2 aliphatic heterocycles. The maximum absolute atomic E-state index is 4.48. The SMILES string of the molecule is CSC1=NC(C)=CN2C(I)=CNC12. The molecule has 70 valence electrons. The summed E-state index contributed by atoms with van der Waals surface area (Å²) < 4.78 is 1.21. The largest absolute Gasteiger partial charge is 0.363 e. The van der Waals surface area contributed by atoms with Crippen molar-refractivity contribution < 1.29 is 0 Å². The van der Waals surface area contributed by atoms with Gasteiger partial charge in [-0.25, -0.2) is 4.99 Å². The number of allylic oxidation sites excluding steroid dienone is 1. The Bertz CT molecular complexity index is 321. The van der Waals surface area contributed by atoms with Gasteiger partial charge in [-0.1, -0.05) is 0 Å². The van der Waals surface area contributed by atoms with Gasteiger partial charge in [0.05, 0.1) is 9.40 Å². The molecule has 0 saturated carbocycles. The average molecular weight is 307 g/mol. The van der Waals surface area contributed by atoms with Gasteiger partial charge in [0.25, 0.3) is 0 Å². The Morgan fingerprint density at radius 2 is 2.46 bits per heavy atom. The molecule has 1 N–H and O–H groups in total. The van der Waals surface area contributed by atoms with E-state index in [1.807, 2.05) is 13.1 Å². The summed E-state index contributed by atoms with van der Waals surface area (Å²) in [5, 5.41) is 4.42. The van der Waals surface area contributed by atoms with Crippen molar-refractivity contribution in [1.29, 1.82) is 0 Å².